The molecule has 0 aromatic rings. The highest BCUT2D eigenvalue weighted by Gasteiger charge is 2.13. The van der Waals surface area contributed by atoms with Crippen molar-refractivity contribution >= 4 is 5.97 Å². The lowest BCUT2D eigenvalue weighted by Gasteiger charge is -2.18. The third kappa shape index (κ3) is 3.32. The topological polar surface area (TPSA) is 35.5 Å². The Kier molecular flexibility index (Phi) is 3.55. The first-order valence-electron chi connectivity index (χ1n) is 4.33. The molecule has 1 aliphatic rings. The molecule has 0 N–H and O–H groups in total. The first-order valence-corrected chi connectivity index (χ1v) is 4.33. The van der Waals surface area contributed by atoms with Crippen LogP contribution in [0.2, 0.25) is 0 Å². The average Bonchev–Trinajstić information content (AvgIpc) is 2.15. The Labute approximate surface area is 78.0 Å². The van der Waals surface area contributed by atoms with E-state index in [0.29, 0.717) is 12.2 Å². The fourth-order valence-electron chi connectivity index (χ4n) is 0.999. The lowest BCUT2D eigenvalue weighted by molar-refractivity contribution is -0.142. The van der Waals surface area contributed by atoms with Gasteiger partial charge in [-0.2, -0.15) is 0 Å². The van der Waals surface area contributed by atoms with Gasteiger partial charge in [0.1, 0.15) is 12.7 Å². The number of esters is 1. The minimum Gasteiger partial charge on any atom is -0.495 e. The van der Waals surface area contributed by atoms with Crippen molar-refractivity contribution < 1.29 is 14.3 Å². The average molecular weight is 182 g/mol. The highest BCUT2D eigenvalue weighted by molar-refractivity contribution is 5.86. The summed E-state index contributed by atoms with van der Waals surface area (Å²) in [6, 6.07) is 0. The zero-order valence-electron chi connectivity index (χ0n) is 7.79. The monoisotopic (exact) mass is 182 g/mol. The maximum atomic E-state index is 11.0. The van der Waals surface area contributed by atoms with E-state index < -0.39 is 0 Å². The molecule has 1 atom stereocenters. The number of hydrogen-bond acceptors (Lipinski definition) is 3. The van der Waals surface area contributed by atoms with Crippen molar-refractivity contribution in [3.8, 4) is 0 Å². The molecule has 0 amide bonds. The molecule has 0 aromatic carbocycles. The Morgan fingerprint density at radius 2 is 2.54 bits per heavy atom. The van der Waals surface area contributed by atoms with Crippen LogP contribution in [0.15, 0.2) is 24.5 Å². The van der Waals surface area contributed by atoms with Gasteiger partial charge in [0.2, 0.25) is 0 Å². The fraction of sp³-hybridized carbons (Fsp3) is 0.500. The summed E-state index contributed by atoms with van der Waals surface area (Å²) in [6.45, 7) is 5.43. The summed E-state index contributed by atoms with van der Waals surface area (Å²) in [5.74, 6) is -0.349. The van der Waals surface area contributed by atoms with E-state index in [2.05, 4.69) is 6.58 Å². The van der Waals surface area contributed by atoms with E-state index in [-0.39, 0.29) is 12.1 Å². The third-order valence-electron chi connectivity index (χ3n) is 1.77. The molecule has 0 spiro atoms. The second kappa shape index (κ2) is 4.70. The molecule has 0 bridgehead atoms. The third-order valence-corrected chi connectivity index (χ3v) is 1.77. The van der Waals surface area contributed by atoms with Crippen LogP contribution in [0, 0.1) is 0 Å². The molecule has 72 valence electrons. The van der Waals surface area contributed by atoms with Gasteiger partial charge in [0.25, 0.3) is 0 Å². The van der Waals surface area contributed by atoms with Crippen LogP contribution in [0.5, 0.6) is 0 Å². The normalized spacial score (nSPS) is 20.5. The standard InChI is InChI=1S/C10H14O3/c1-8(2)10(11)13-7-9-5-3-4-6-12-9/h4,6,9H,1,3,5,7H2,2H3/t9-/m0/s1. The summed E-state index contributed by atoms with van der Waals surface area (Å²) in [7, 11) is 0. The molecule has 3 heteroatoms. The Morgan fingerprint density at radius 3 is 3.08 bits per heavy atom. The molecule has 0 saturated carbocycles. The molecule has 1 heterocycles. The minimum absolute atomic E-state index is 0.00769. The molecule has 13 heavy (non-hydrogen) atoms. The van der Waals surface area contributed by atoms with Crippen LogP contribution in [0.3, 0.4) is 0 Å². The first kappa shape index (κ1) is 9.84. The fourth-order valence-corrected chi connectivity index (χ4v) is 0.999. The van der Waals surface area contributed by atoms with E-state index in [9.17, 15) is 4.79 Å². The van der Waals surface area contributed by atoms with Gasteiger partial charge in [-0.15, -0.1) is 0 Å². The molecule has 1 rings (SSSR count). The molecular weight excluding hydrogens is 168 g/mol. The number of carbonyl (C=O) groups is 1. The molecule has 0 radical (unpaired) electrons. The predicted octanol–water partition coefficient (Wildman–Crippen LogP) is 1.80. The smallest absolute Gasteiger partial charge is 0.333 e. The number of carbonyl (C=O) groups excluding carboxylic acids is 1. The van der Waals surface area contributed by atoms with Gasteiger partial charge in [-0.3, -0.25) is 0 Å². The van der Waals surface area contributed by atoms with Gasteiger partial charge in [-0.25, -0.2) is 4.79 Å². The van der Waals surface area contributed by atoms with E-state index in [0.717, 1.165) is 12.8 Å². The van der Waals surface area contributed by atoms with Crippen LogP contribution in [0.25, 0.3) is 0 Å². The maximum absolute atomic E-state index is 11.0. The number of allylic oxidation sites excluding steroid dienone is 1. The van der Waals surface area contributed by atoms with Crippen LogP contribution in [0.1, 0.15) is 19.8 Å². The van der Waals surface area contributed by atoms with Crippen molar-refractivity contribution in [2.75, 3.05) is 6.61 Å². The zero-order valence-corrected chi connectivity index (χ0v) is 7.79. The Hall–Kier alpha value is -1.25. The molecule has 0 fully saturated rings. The minimum atomic E-state index is -0.349. The quantitative estimate of drug-likeness (QED) is 0.493. The van der Waals surface area contributed by atoms with Gasteiger partial charge in [-0.05, 0) is 25.8 Å². The molecule has 0 aromatic heterocycles. The molecule has 0 aliphatic carbocycles. The van der Waals surface area contributed by atoms with Gasteiger partial charge in [-0.1, -0.05) is 6.58 Å². The van der Waals surface area contributed by atoms with Crippen LogP contribution >= 0.6 is 0 Å². The molecule has 3 nitrogen and oxygen atoms in total. The second-order valence-corrected chi connectivity index (χ2v) is 3.09. The van der Waals surface area contributed by atoms with Crippen LogP contribution in [0.4, 0.5) is 0 Å². The van der Waals surface area contributed by atoms with E-state index in [1.54, 1.807) is 13.2 Å². The Balaban J connectivity index is 2.22. The summed E-state index contributed by atoms with van der Waals surface area (Å²) in [5, 5.41) is 0. The van der Waals surface area contributed by atoms with Crippen molar-refractivity contribution in [2.45, 2.75) is 25.9 Å². The highest BCUT2D eigenvalue weighted by atomic mass is 16.6. The van der Waals surface area contributed by atoms with E-state index >= 15 is 0 Å². The molecular formula is C10H14O3. The van der Waals surface area contributed by atoms with Crippen LogP contribution < -0.4 is 0 Å². The molecule has 1 aliphatic heterocycles. The number of rotatable bonds is 3. The Morgan fingerprint density at radius 1 is 1.77 bits per heavy atom. The lowest BCUT2D eigenvalue weighted by atomic mass is 10.2. The van der Waals surface area contributed by atoms with E-state index in [1.807, 2.05) is 6.08 Å². The van der Waals surface area contributed by atoms with Gasteiger partial charge in [0.15, 0.2) is 0 Å². The number of hydrogen-bond donors (Lipinski definition) is 0. The first-order chi connectivity index (χ1) is 6.20. The summed E-state index contributed by atoms with van der Waals surface area (Å²) in [4.78, 5) is 11.0. The van der Waals surface area contributed by atoms with E-state index in [1.165, 1.54) is 0 Å². The largest absolute Gasteiger partial charge is 0.495 e. The summed E-state index contributed by atoms with van der Waals surface area (Å²) in [6.07, 6.45) is 5.50. The number of ether oxygens (including phenoxy) is 2. The second-order valence-electron chi connectivity index (χ2n) is 3.09. The molecule has 0 saturated heterocycles. The van der Waals surface area contributed by atoms with Crippen molar-refractivity contribution in [1.82, 2.24) is 0 Å². The summed E-state index contributed by atoms with van der Waals surface area (Å²) < 4.78 is 10.2. The van der Waals surface area contributed by atoms with Crippen LogP contribution in [-0.2, 0) is 14.3 Å². The van der Waals surface area contributed by atoms with Crippen molar-refractivity contribution in [3.63, 3.8) is 0 Å². The van der Waals surface area contributed by atoms with Crippen molar-refractivity contribution in [3.05, 3.63) is 24.5 Å². The molecule has 0 unspecified atom stereocenters. The van der Waals surface area contributed by atoms with Crippen molar-refractivity contribution in [1.29, 1.82) is 0 Å². The summed E-state index contributed by atoms with van der Waals surface area (Å²) >= 11 is 0. The van der Waals surface area contributed by atoms with E-state index in [4.69, 9.17) is 9.47 Å². The van der Waals surface area contributed by atoms with Gasteiger partial charge >= 0.3 is 5.97 Å². The summed E-state index contributed by atoms with van der Waals surface area (Å²) in [5.41, 5.74) is 0.423. The Bertz CT molecular complexity index is 230. The van der Waals surface area contributed by atoms with Gasteiger partial charge < -0.3 is 9.47 Å². The van der Waals surface area contributed by atoms with Gasteiger partial charge in [0.05, 0.1) is 6.26 Å². The maximum Gasteiger partial charge on any atom is 0.333 e. The van der Waals surface area contributed by atoms with Gasteiger partial charge in [0, 0.05) is 5.57 Å². The SMILES string of the molecule is C=C(C)C(=O)OC[C@@H]1CCC=CO1. The predicted molar refractivity (Wildman–Crippen MR) is 49.0 cm³/mol. The lowest BCUT2D eigenvalue weighted by Crippen LogP contribution is -2.22. The zero-order chi connectivity index (χ0) is 9.68. The van der Waals surface area contributed by atoms with Crippen LogP contribution in [-0.4, -0.2) is 18.7 Å². The van der Waals surface area contributed by atoms with Crippen molar-refractivity contribution in [2.24, 2.45) is 0 Å². The highest BCUT2D eigenvalue weighted by Crippen LogP contribution is 2.10.